The third kappa shape index (κ3) is 3.27. The fourth-order valence-corrected chi connectivity index (χ4v) is 1.85. The lowest BCUT2D eigenvalue weighted by Gasteiger charge is -2.11. The summed E-state index contributed by atoms with van der Waals surface area (Å²) in [6.07, 6.45) is 0.0543. The summed E-state index contributed by atoms with van der Waals surface area (Å²) in [5.74, 6) is -0.338. The Morgan fingerprint density at radius 1 is 1.50 bits per heavy atom. The molecule has 0 aliphatic rings. The normalized spacial score (nSPS) is 12.3. The molecule has 0 saturated carbocycles. The van der Waals surface area contributed by atoms with Crippen LogP contribution in [-0.2, 0) is 16.0 Å². The van der Waals surface area contributed by atoms with Gasteiger partial charge in [0.1, 0.15) is 11.9 Å². The van der Waals surface area contributed by atoms with Crippen LogP contribution in [0.2, 0.25) is 0 Å². The van der Waals surface area contributed by atoms with Crippen LogP contribution in [0.15, 0.2) is 22.7 Å². The van der Waals surface area contributed by atoms with Crippen molar-refractivity contribution in [2.45, 2.75) is 32.9 Å². The molecule has 0 aliphatic carbocycles. The first-order valence-corrected chi connectivity index (χ1v) is 6.62. The monoisotopic (exact) mass is 278 g/mol. The number of fused-ring (bicyclic) bond motifs is 1. The predicted octanol–water partition coefficient (Wildman–Crippen LogP) is 2.07. The quantitative estimate of drug-likeness (QED) is 0.621. The molecule has 0 amide bonds. The molecule has 2 aromatic rings. The second kappa shape index (κ2) is 6.38. The molecular formula is C14H18N2O4. The summed E-state index contributed by atoms with van der Waals surface area (Å²) >= 11 is 0. The van der Waals surface area contributed by atoms with Crippen LogP contribution in [-0.4, -0.2) is 29.1 Å². The molecule has 2 rings (SSSR count). The topological polar surface area (TPSA) is 84.6 Å². The van der Waals surface area contributed by atoms with Crippen molar-refractivity contribution in [3.63, 3.8) is 0 Å². The number of ether oxygens (including phenoxy) is 1. The molecule has 0 radical (unpaired) electrons. The maximum absolute atomic E-state index is 11.5. The average molecular weight is 278 g/mol. The Kier molecular flexibility index (Phi) is 4.57. The Bertz CT molecular complexity index is 594. The number of esters is 1. The molecule has 0 spiro atoms. The highest BCUT2D eigenvalue weighted by atomic mass is 16.5. The van der Waals surface area contributed by atoms with Gasteiger partial charge in [-0.15, -0.1) is 0 Å². The lowest BCUT2D eigenvalue weighted by Crippen LogP contribution is -2.16. The molecular weight excluding hydrogens is 260 g/mol. The Morgan fingerprint density at radius 2 is 2.30 bits per heavy atom. The number of hydrogen-bond acceptors (Lipinski definition) is 6. The molecule has 0 fully saturated rings. The van der Waals surface area contributed by atoms with E-state index in [1.54, 1.807) is 25.1 Å². The van der Waals surface area contributed by atoms with Crippen molar-refractivity contribution >= 4 is 22.6 Å². The maximum Gasteiger partial charge on any atom is 0.312 e. The van der Waals surface area contributed by atoms with Gasteiger partial charge in [0.15, 0.2) is 5.58 Å². The molecule has 1 heterocycles. The van der Waals surface area contributed by atoms with E-state index in [-0.39, 0.29) is 12.4 Å². The van der Waals surface area contributed by atoms with Crippen molar-refractivity contribution in [1.82, 2.24) is 5.16 Å². The van der Waals surface area contributed by atoms with Gasteiger partial charge in [0.2, 0.25) is 0 Å². The lowest BCUT2D eigenvalue weighted by molar-refractivity contribution is -0.142. The number of aliphatic hydroxyl groups is 1. The van der Waals surface area contributed by atoms with Gasteiger partial charge in [-0.25, -0.2) is 0 Å². The first kappa shape index (κ1) is 14.3. The van der Waals surface area contributed by atoms with Crippen LogP contribution >= 0.6 is 0 Å². The lowest BCUT2D eigenvalue weighted by atomic mass is 10.1. The minimum absolute atomic E-state index is 0.0701. The van der Waals surface area contributed by atoms with Gasteiger partial charge < -0.3 is 19.7 Å². The van der Waals surface area contributed by atoms with Gasteiger partial charge in [0, 0.05) is 11.1 Å². The summed E-state index contributed by atoms with van der Waals surface area (Å²) in [6, 6.07) is 5.35. The Morgan fingerprint density at radius 3 is 3.00 bits per heavy atom. The van der Waals surface area contributed by atoms with Gasteiger partial charge >= 0.3 is 5.97 Å². The number of nitrogens with one attached hydrogen (secondary N) is 1. The minimum atomic E-state index is -0.610. The van der Waals surface area contributed by atoms with Crippen LogP contribution in [0.1, 0.15) is 26.0 Å². The van der Waals surface area contributed by atoms with E-state index in [9.17, 15) is 9.90 Å². The molecule has 6 heteroatoms. The Hall–Kier alpha value is -2.08. The number of rotatable bonds is 6. The molecule has 1 atom stereocenters. The first-order valence-electron chi connectivity index (χ1n) is 6.62. The number of aromatic nitrogens is 1. The summed E-state index contributed by atoms with van der Waals surface area (Å²) in [5, 5.41) is 17.2. The zero-order valence-corrected chi connectivity index (χ0v) is 11.5. The number of anilines is 1. The molecule has 6 nitrogen and oxygen atoms in total. The smallest absolute Gasteiger partial charge is 0.312 e. The highest BCUT2D eigenvalue weighted by Gasteiger charge is 2.14. The van der Waals surface area contributed by atoms with Crippen molar-refractivity contribution in [3.05, 3.63) is 23.9 Å². The Balaban J connectivity index is 2.23. The van der Waals surface area contributed by atoms with Crippen LogP contribution in [0.5, 0.6) is 0 Å². The summed E-state index contributed by atoms with van der Waals surface area (Å²) in [4.78, 5) is 11.5. The van der Waals surface area contributed by atoms with Gasteiger partial charge in [-0.05, 0) is 31.5 Å². The van der Waals surface area contributed by atoms with Gasteiger partial charge in [0.25, 0.3) is 0 Å². The molecule has 0 aliphatic heterocycles. The first-order chi connectivity index (χ1) is 9.63. The molecule has 0 bridgehead atoms. The van der Waals surface area contributed by atoms with E-state index >= 15 is 0 Å². The standard InChI is InChI=1S/C14H18N2O4/c1-3-13(17)15-9-5-6-12-10(7-9)11(16-20-12)8-14(18)19-4-2/h5-7,13,15,17H,3-4,8H2,1-2H3. The maximum atomic E-state index is 11.5. The third-order valence-corrected chi connectivity index (χ3v) is 2.88. The molecule has 108 valence electrons. The SMILES string of the molecule is CCOC(=O)Cc1noc2ccc(NC(O)CC)cc12. The van der Waals surface area contributed by atoms with Crippen molar-refractivity contribution in [2.75, 3.05) is 11.9 Å². The zero-order chi connectivity index (χ0) is 14.5. The predicted molar refractivity (Wildman–Crippen MR) is 74.3 cm³/mol. The van der Waals surface area contributed by atoms with E-state index in [0.717, 1.165) is 11.1 Å². The van der Waals surface area contributed by atoms with Gasteiger partial charge in [0.05, 0.1) is 13.0 Å². The van der Waals surface area contributed by atoms with Crippen LogP contribution in [0, 0.1) is 0 Å². The van der Waals surface area contributed by atoms with E-state index in [1.165, 1.54) is 0 Å². The number of nitrogens with zero attached hydrogens (tertiary/aromatic N) is 1. The number of carbonyl (C=O) groups is 1. The summed E-state index contributed by atoms with van der Waals surface area (Å²) < 4.78 is 10.1. The van der Waals surface area contributed by atoms with E-state index in [2.05, 4.69) is 10.5 Å². The van der Waals surface area contributed by atoms with E-state index in [0.29, 0.717) is 24.3 Å². The van der Waals surface area contributed by atoms with Crippen LogP contribution in [0.3, 0.4) is 0 Å². The van der Waals surface area contributed by atoms with E-state index < -0.39 is 6.23 Å². The fourth-order valence-electron chi connectivity index (χ4n) is 1.85. The molecule has 0 saturated heterocycles. The van der Waals surface area contributed by atoms with Crippen LogP contribution in [0.25, 0.3) is 11.0 Å². The van der Waals surface area contributed by atoms with Crippen molar-refractivity contribution in [1.29, 1.82) is 0 Å². The van der Waals surface area contributed by atoms with Crippen molar-refractivity contribution < 1.29 is 19.2 Å². The minimum Gasteiger partial charge on any atom is -0.466 e. The largest absolute Gasteiger partial charge is 0.466 e. The second-order valence-corrected chi connectivity index (χ2v) is 4.39. The average Bonchev–Trinajstić information content (AvgIpc) is 2.81. The van der Waals surface area contributed by atoms with Gasteiger partial charge in [-0.1, -0.05) is 12.1 Å². The molecule has 1 unspecified atom stereocenters. The number of benzene rings is 1. The van der Waals surface area contributed by atoms with Crippen LogP contribution < -0.4 is 5.32 Å². The summed E-state index contributed by atoms with van der Waals surface area (Å²) in [6.45, 7) is 3.97. The van der Waals surface area contributed by atoms with Gasteiger partial charge in [-0.2, -0.15) is 0 Å². The summed E-state index contributed by atoms with van der Waals surface area (Å²) in [5.41, 5.74) is 1.88. The third-order valence-electron chi connectivity index (χ3n) is 2.88. The highest BCUT2D eigenvalue weighted by molar-refractivity contribution is 5.86. The number of hydrogen-bond donors (Lipinski definition) is 2. The molecule has 2 N–H and O–H groups in total. The van der Waals surface area contributed by atoms with Crippen LogP contribution in [0.4, 0.5) is 5.69 Å². The highest BCUT2D eigenvalue weighted by Crippen LogP contribution is 2.23. The fraction of sp³-hybridized carbons (Fsp3) is 0.429. The van der Waals surface area contributed by atoms with E-state index in [4.69, 9.17) is 9.26 Å². The number of carbonyl (C=O) groups excluding carboxylic acids is 1. The molecule has 1 aromatic heterocycles. The summed E-state index contributed by atoms with van der Waals surface area (Å²) in [7, 11) is 0. The number of aliphatic hydroxyl groups excluding tert-OH is 1. The zero-order valence-electron chi connectivity index (χ0n) is 11.5. The second-order valence-electron chi connectivity index (χ2n) is 4.39. The molecule has 20 heavy (non-hydrogen) atoms. The Labute approximate surface area is 116 Å². The van der Waals surface area contributed by atoms with E-state index in [1.807, 2.05) is 6.92 Å². The van der Waals surface area contributed by atoms with Crippen molar-refractivity contribution in [3.8, 4) is 0 Å². The van der Waals surface area contributed by atoms with Gasteiger partial charge in [-0.3, -0.25) is 4.79 Å². The van der Waals surface area contributed by atoms with Crippen molar-refractivity contribution in [2.24, 2.45) is 0 Å². The molecule has 1 aromatic carbocycles.